The molecule has 0 aromatic rings. The average Bonchev–Trinajstić information content (AvgIpc) is 2.28. The molecule has 0 spiro atoms. The lowest BCUT2D eigenvalue weighted by Crippen LogP contribution is -1.92. The topological polar surface area (TPSA) is 83.8 Å². The van der Waals surface area contributed by atoms with Crippen molar-refractivity contribution < 1.29 is 24.5 Å². The van der Waals surface area contributed by atoms with E-state index in [1.807, 2.05) is 6.92 Å². The van der Waals surface area contributed by atoms with Gasteiger partial charge in [0.05, 0.1) is 7.11 Å². The van der Waals surface area contributed by atoms with Crippen molar-refractivity contribution in [3.8, 4) is 24.7 Å². The predicted octanol–water partition coefficient (Wildman–Crippen LogP) is -0.114. The first-order valence-corrected chi connectivity index (χ1v) is 3.84. The normalized spacial score (nSPS) is 6.20. The summed E-state index contributed by atoms with van der Waals surface area (Å²) in [6, 6.07) is 0. The summed E-state index contributed by atoms with van der Waals surface area (Å²) in [5.74, 6) is 1.35. The Bertz CT molecular complexity index is 242. The minimum Gasteiger partial charge on any atom is -0.472 e. The molecule has 0 aliphatic carbocycles. The monoisotopic (exact) mass is 214 g/mol. The molecular formula is C10H14O5. The van der Waals surface area contributed by atoms with Crippen LogP contribution < -0.4 is 0 Å². The summed E-state index contributed by atoms with van der Waals surface area (Å²) in [4.78, 5) is 18.9. The van der Waals surface area contributed by atoms with E-state index >= 15 is 0 Å². The number of carbonyl (C=O) groups is 2. The van der Waals surface area contributed by atoms with E-state index in [-0.39, 0.29) is 0 Å². The highest BCUT2D eigenvalue weighted by atomic mass is 16.5. The minimum atomic E-state index is -1.22. The Morgan fingerprint density at radius 2 is 1.67 bits per heavy atom. The van der Waals surface area contributed by atoms with Gasteiger partial charge in [-0.05, 0) is 6.42 Å². The Morgan fingerprint density at radius 3 is 1.67 bits per heavy atom. The zero-order valence-corrected chi connectivity index (χ0v) is 8.69. The van der Waals surface area contributed by atoms with E-state index in [0.717, 1.165) is 6.42 Å². The Balaban J connectivity index is -0.000000147. The van der Waals surface area contributed by atoms with Gasteiger partial charge in [-0.1, -0.05) is 6.92 Å². The summed E-state index contributed by atoms with van der Waals surface area (Å²) in [6.45, 7) is 2.25. The molecule has 0 aliphatic rings. The molecule has 0 aliphatic heterocycles. The van der Waals surface area contributed by atoms with E-state index in [1.54, 1.807) is 5.92 Å². The maximum absolute atomic E-state index is 9.72. The van der Waals surface area contributed by atoms with E-state index in [2.05, 4.69) is 17.6 Å². The van der Waals surface area contributed by atoms with Crippen LogP contribution in [-0.4, -0.2) is 35.9 Å². The number of ether oxygens (including phenoxy) is 1. The number of esters is 1. The van der Waals surface area contributed by atoms with Crippen LogP contribution in [0.4, 0.5) is 0 Å². The van der Waals surface area contributed by atoms with Gasteiger partial charge in [-0.3, -0.25) is 0 Å². The number of terminal acetylenes is 2. The van der Waals surface area contributed by atoms with E-state index < -0.39 is 11.9 Å². The summed E-state index contributed by atoms with van der Waals surface area (Å²) < 4.78 is 4.02. The molecule has 0 bridgehead atoms. The van der Waals surface area contributed by atoms with Crippen molar-refractivity contribution in [1.82, 2.24) is 0 Å². The third kappa shape index (κ3) is 47.9. The lowest BCUT2D eigenvalue weighted by atomic mass is 10.5. The van der Waals surface area contributed by atoms with Crippen molar-refractivity contribution in [2.75, 3.05) is 13.7 Å². The molecule has 0 rings (SSSR count). The third-order valence-electron chi connectivity index (χ3n) is 0.650. The fourth-order valence-electron chi connectivity index (χ4n) is 0.0589. The Labute approximate surface area is 89.1 Å². The molecule has 0 unspecified atom stereocenters. The molecule has 0 aromatic carbocycles. The van der Waals surface area contributed by atoms with Gasteiger partial charge < -0.3 is 14.9 Å². The number of carbonyl (C=O) groups excluding carboxylic acids is 1. The van der Waals surface area contributed by atoms with Crippen molar-refractivity contribution in [2.24, 2.45) is 0 Å². The lowest BCUT2D eigenvalue weighted by molar-refractivity contribution is -0.134. The van der Waals surface area contributed by atoms with Crippen molar-refractivity contribution in [1.29, 1.82) is 0 Å². The van der Waals surface area contributed by atoms with Gasteiger partial charge in [0.25, 0.3) is 0 Å². The molecule has 0 amide bonds. The number of rotatable bonds is 1. The largest absolute Gasteiger partial charge is 0.472 e. The van der Waals surface area contributed by atoms with Crippen LogP contribution in [0.5, 0.6) is 0 Å². The zero-order valence-electron chi connectivity index (χ0n) is 8.69. The maximum atomic E-state index is 9.72. The molecule has 0 atom stereocenters. The second-order valence-corrected chi connectivity index (χ2v) is 1.81. The number of carboxylic acid groups (broad SMARTS) is 1. The zero-order chi connectivity index (χ0) is 12.7. The van der Waals surface area contributed by atoms with Crippen LogP contribution in [0.3, 0.4) is 0 Å². The number of aliphatic hydroxyl groups excluding tert-OH is 1. The first-order chi connectivity index (χ1) is 6.99. The van der Waals surface area contributed by atoms with Crippen LogP contribution in [0.1, 0.15) is 13.3 Å². The summed E-state index contributed by atoms with van der Waals surface area (Å²) in [6.07, 6.45) is 9.75. The van der Waals surface area contributed by atoms with Gasteiger partial charge in [-0.15, -0.1) is 12.8 Å². The number of aliphatic hydroxyl groups is 1. The van der Waals surface area contributed by atoms with Crippen LogP contribution in [0.15, 0.2) is 0 Å². The van der Waals surface area contributed by atoms with Crippen LogP contribution in [0.25, 0.3) is 0 Å². The first-order valence-electron chi connectivity index (χ1n) is 3.84. The molecule has 0 heterocycles. The van der Waals surface area contributed by atoms with Crippen LogP contribution >= 0.6 is 0 Å². The van der Waals surface area contributed by atoms with Crippen LogP contribution in [0, 0.1) is 24.7 Å². The van der Waals surface area contributed by atoms with Gasteiger partial charge in [-0.25, -0.2) is 9.59 Å². The second kappa shape index (κ2) is 17.9. The maximum Gasteiger partial charge on any atom is 0.383 e. The summed E-state index contributed by atoms with van der Waals surface area (Å²) in [5, 5.41) is 15.4. The number of methoxy groups -OCH3 is 1. The standard InChI is InChI=1S/C4H4O2.C3H2O2.C3H8O/c1-3-4(5)6-2;1-2-3(4)5;1-2-3-4/h1H,2H3;1H,(H,4,5);4H,2-3H2,1H3. The molecule has 2 N–H and O–H groups in total. The quantitative estimate of drug-likeness (QED) is 0.361. The fraction of sp³-hybridized carbons (Fsp3) is 0.400. The van der Waals surface area contributed by atoms with E-state index in [0.29, 0.717) is 6.61 Å². The van der Waals surface area contributed by atoms with Crippen LogP contribution in [0.2, 0.25) is 0 Å². The van der Waals surface area contributed by atoms with Gasteiger partial charge in [0, 0.05) is 18.4 Å². The van der Waals surface area contributed by atoms with Crippen molar-refractivity contribution in [3.63, 3.8) is 0 Å². The van der Waals surface area contributed by atoms with E-state index in [9.17, 15) is 4.79 Å². The predicted molar refractivity (Wildman–Crippen MR) is 54.7 cm³/mol. The first kappa shape index (κ1) is 18.7. The van der Waals surface area contributed by atoms with Crippen molar-refractivity contribution in [3.05, 3.63) is 0 Å². The lowest BCUT2D eigenvalue weighted by Gasteiger charge is -1.80. The van der Waals surface area contributed by atoms with Crippen LogP contribution in [-0.2, 0) is 14.3 Å². The number of aliphatic carboxylic acids is 1. The Hall–Kier alpha value is -1.98. The minimum absolute atomic E-state index is 0.319. The number of hydrogen-bond donors (Lipinski definition) is 2. The molecule has 0 fully saturated rings. The van der Waals surface area contributed by atoms with Crippen molar-refractivity contribution in [2.45, 2.75) is 13.3 Å². The smallest absolute Gasteiger partial charge is 0.383 e. The van der Waals surface area contributed by atoms with Gasteiger partial charge in [0.1, 0.15) is 0 Å². The molecule has 15 heavy (non-hydrogen) atoms. The molecule has 5 nitrogen and oxygen atoms in total. The van der Waals surface area contributed by atoms with Gasteiger partial charge >= 0.3 is 11.9 Å². The van der Waals surface area contributed by atoms with Gasteiger partial charge in [0.2, 0.25) is 0 Å². The summed E-state index contributed by atoms with van der Waals surface area (Å²) >= 11 is 0. The molecule has 0 aromatic heterocycles. The molecule has 0 radical (unpaired) electrons. The average molecular weight is 214 g/mol. The highest BCUT2D eigenvalue weighted by molar-refractivity contribution is 5.87. The SMILES string of the molecule is C#CC(=O)O.C#CC(=O)OC.CCCO. The Kier molecular flexibility index (Phi) is 22.4. The van der Waals surface area contributed by atoms with Crippen molar-refractivity contribution >= 4 is 11.9 Å². The fourth-order valence-corrected chi connectivity index (χ4v) is 0.0589. The second-order valence-electron chi connectivity index (χ2n) is 1.81. The Morgan fingerprint density at radius 1 is 1.33 bits per heavy atom. The summed E-state index contributed by atoms with van der Waals surface area (Å²) in [5.41, 5.74) is 0. The third-order valence-corrected chi connectivity index (χ3v) is 0.650. The number of hydrogen-bond acceptors (Lipinski definition) is 4. The van der Waals surface area contributed by atoms with E-state index in [1.165, 1.54) is 13.0 Å². The molecular weight excluding hydrogens is 200 g/mol. The van der Waals surface area contributed by atoms with Gasteiger partial charge in [-0.2, -0.15) is 0 Å². The molecule has 84 valence electrons. The highest BCUT2D eigenvalue weighted by Gasteiger charge is 1.82. The molecule has 0 saturated heterocycles. The highest BCUT2D eigenvalue weighted by Crippen LogP contribution is 1.61. The van der Waals surface area contributed by atoms with E-state index in [4.69, 9.17) is 15.0 Å². The van der Waals surface area contributed by atoms with Gasteiger partial charge in [0.15, 0.2) is 0 Å². The summed E-state index contributed by atoms with van der Waals surface area (Å²) in [7, 11) is 1.24. The number of carboxylic acids is 1. The molecule has 0 saturated carbocycles. The molecule has 5 heteroatoms.